The molecule has 0 aromatic carbocycles. The van der Waals surface area contributed by atoms with Crippen LogP contribution in [0.15, 0.2) is 0 Å². The summed E-state index contributed by atoms with van der Waals surface area (Å²) in [7, 11) is 0. The fourth-order valence-corrected chi connectivity index (χ4v) is 3.20. The summed E-state index contributed by atoms with van der Waals surface area (Å²) in [5, 5.41) is -0.0397. The fraction of sp³-hybridized carbons (Fsp3) is 1.00. The van der Waals surface area contributed by atoms with Gasteiger partial charge in [-0.1, -0.05) is 29.6 Å². The topological polar surface area (TPSA) is 0 Å². The predicted octanol–water partition coefficient (Wildman–Crippen LogP) is 3.73. The second-order valence-electron chi connectivity index (χ2n) is 3.76. The van der Waals surface area contributed by atoms with Crippen molar-refractivity contribution in [2.75, 3.05) is 0 Å². The lowest BCUT2D eigenvalue weighted by Crippen LogP contribution is -2.40. The molecule has 0 saturated heterocycles. The summed E-state index contributed by atoms with van der Waals surface area (Å²) in [4.78, 5) is 0. The number of halogens is 3. The molecule has 1 spiro atoms. The van der Waals surface area contributed by atoms with Crippen LogP contribution < -0.4 is 0 Å². The van der Waals surface area contributed by atoms with Gasteiger partial charge in [0.05, 0.1) is 5.38 Å². The molecule has 0 aliphatic heterocycles. The normalized spacial score (nSPS) is 39.0. The van der Waals surface area contributed by atoms with E-state index in [0.29, 0.717) is 0 Å². The van der Waals surface area contributed by atoms with Crippen molar-refractivity contribution in [2.24, 2.45) is 5.41 Å². The second kappa shape index (κ2) is 2.43. The first-order chi connectivity index (χ1) is 5.08. The van der Waals surface area contributed by atoms with Gasteiger partial charge in [0, 0.05) is 5.41 Å². The monoisotopic (exact) mass is 212 g/mol. The van der Waals surface area contributed by atoms with Crippen molar-refractivity contribution in [3.63, 3.8) is 0 Å². The molecule has 2 rings (SSSR count). The van der Waals surface area contributed by atoms with Crippen LogP contribution in [-0.2, 0) is 0 Å². The zero-order valence-electron chi connectivity index (χ0n) is 6.25. The zero-order chi connectivity index (χ0) is 8.11. The van der Waals surface area contributed by atoms with E-state index in [4.69, 9.17) is 34.8 Å². The summed E-state index contributed by atoms with van der Waals surface area (Å²) >= 11 is 18.5. The summed E-state index contributed by atoms with van der Waals surface area (Å²) in [6, 6.07) is 0. The first kappa shape index (κ1) is 8.47. The third-order valence-electron chi connectivity index (χ3n) is 3.07. The van der Waals surface area contributed by atoms with Crippen molar-refractivity contribution in [2.45, 2.75) is 41.8 Å². The summed E-state index contributed by atoms with van der Waals surface area (Å²) < 4.78 is -0.646. The van der Waals surface area contributed by atoms with Crippen LogP contribution in [0.25, 0.3) is 0 Å². The average molecular weight is 214 g/mol. The SMILES string of the molecule is ClC1CCCC2(CC2)C1(Cl)Cl. The van der Waals surface area contributed by atoms with E-state index in [1.165, 1.54) is 25.7 Å². The lowest BCUT2D eigenvalue weighted by atomic mass is 9.85. The maximum Gasteiger partial charge on any atom is 0.140 e. The molecule has 11 heavy (non-hydrogen) atoms. The number of rotatable bonds is 0. The van der Waals surface area contributed by atoms with Gasteiger partial charge in [-0.25, -0.2) is 0 Å². The van der Waals surface area contributed by atoms with E-state index in [9.17, 15) is 0 Å². The maximum atomic E-state index is 6.21. The molecule has 2 aliphatic carbocycles. The van der Waals surface area contributed by atoms with Crippen molar-refractivity contribution in [1.82, 2.24) is 0 Å². The van der Waals surface area contributed by atoms with Gasteiger partial charge in [-0.3, -0.25) is 0 Å². The van der Waals surface area contributed by atoms with Crippen LogP contribution in [0.4, 0.5) is 0 Å². The lowest BCUT2D eigenvalue weighted by molar-refractivity contribution is 0.319. The molecule has 1 atom stereocenters. The first-order valence-corrected chi connectivity index (χ1v) is 5.30. The van der Waals surface area contributed by atoms with Crippen molar-refractivity contribution in [1.29, 1.82) is 0 Å². The lowest BCUT2D eigenvalue weighted by Gasteiger charge is -2.38. The van der Waals surface area contributed by atoms with Crippen molar-refractivity contribution in [3.05, 3.63) is 0 Å². The number of hydrogen-bond acceptors (Lipinski definition) is 0. The zero-order valence-corrected chi connectivity index (χ0v) is 8.51. The minimum atomic E-state index is -0.646. The molecule has 0 heterocycles. The Morgan fingerprint density at radius 3 is 2.18 bits per heavy atom. The van der Waals surface area contributed by atoms with E-state index in [1.807, 2.05) is 0 Å². The van der Waals surface area contributed by atoms with Crippen molar-refractivity contribution >= 4 is 34.8 Å². The standard InChI is InChI=1S/C8H11Cl3/c9-6-2-1-3-7(4-5-7)8(6,10)11/h6H,1-5H2. The highest BCUT2D eigenvalue weighted by molar-refractivity contribution is 6.53. The first-order valence-electron chi connectivity index (χ1n) is 4.10. The molecular weight excluding hydrogens is 202 g/mol. The molecule has 2 aliphatic rings. The second-order valence-corrected chi connectivity index (χ2v) is 5.68. The molecule has 0 amide bonds. The van der Waals surface area contributed by atoms with Crippen LogP contribution in [0.5, 0.6) is 0 Å². The Morgan fingerprint density at radius 1 is 1.09 bits per heavy atom. The molecular formula is C8H11Cl3. The molecule has 2 fully saturated rings. The van der Waals surface area contributed by atoms with Gasteiger partial charge >= 0.3 is 0 Å². The van der Waals surface area contributed by atoms with Crippen LogP contribution >= 0.6 is 34.8 Å². The minimum Gasteiger partial charge on any atom is -0.120 e. The van der Waals surface area contributed by atoms with Gasteiger partial charge in [0.1, 0.15) is 4.33 Å². The summed E-state index contributed by atoms with van der Waals surface area (Å²) in [5.74, 6) is 0. The van der Waals surface area contributed by atoms with Crippen LogP contribution in [0.1, 0.15) is 32.1 Å². The third kappa shape index (κ3) is 1.10. The van der Waals surface area contributed by atoms with Crippen LogP contribution in [0.2, 0.25) is 0 Å². The highest BCUT2D eigenvalue weighted by Gasteiger charge is 2.62. The van der Waals surface area contributed by atoms with E-state index in [-0.39, 0.29) is 10.8 Å². The summed E-state index contributed by atoms with van der Waals surface area (Å²) in [6.45, 7) is 0. The Morgan fingerprint density at radius 2 is 1.73 bits per heavy atom. The van der Waals surface area contributed by atoms with E-state index in [1.54, 1.807) is 0 Å². The molecule has 3 heteroatoms. The molecule has 0 radical (unpaired) electrons. The van der Waals surface area contributed by atoms with Gasteiger partial charge in [-0.2, -0.15) is 0 Å². The highest BCUT2D eigenvalue weighted by Crippen LogP contribution is 2.66. The van der Waals surface area contributed by atoms with Crippen LogP contribution in [0.3, 0.4) is 0 Å². The average Bonchev–Trinajstić information content (AvgIpc) is 2.66. The van der Waals surface area contributed by atoms with E-state index < -0.39 is 4.33 Å². The van der Waals surface area contributed by atoms with Gasteiger partial charge in [-0.05, 0) is 25.7 Å². The molecule has 64 valence electrons. The molecule has 0 bridgehead atoms. The minimum absolute atomic E-state index is 0.0397. The van der Waals surface area contributed by atoms with Gasteiger partial charge in [0.15, 0.2) is 0 Å². The Bertz CT molecular complexity index is 172. The van der Waals surface area contributed by atoms with Crippen molar-refractivity contribution in [3.8, 4) is 0 Å². The van der Waals surface area contributed by atoms with Crippen molar-refractivity contribution < 1.29 is 0 Å². The van der Waals surface area contributed by atoms with Gasteiger partial charge in [-0.15, -0.1) is 11.6 Å². The Labute approximate surface area is 82.2 Å². The van der Waals surface area contributed by atoms with Gasteiger partial charge < -0.3 is 0 Å². The molecule has 0 aromatic rings. The van der Waals surface area contributed by atoms with E-state index in [0.717, 1.165) is 6.42 Å². The fourth-order valence-electron chi connectivity index (χ4n) is 2.03. The van der Waals surface area contributed by atoms with E-state index in [2.05, 4.69) is 0 Å². The third-order valence-corrected chi connectivity index (χ3v) is 5.16. The van der Waals surface area contributed by atoms with Gasteiger partial charge in [0.25, 0.3) is 0 Å². The largest absolute Gasteiger partial charge is 0.140 e. The Hall–Kier alpha value is 0.870. The Kier molecular flexibility index (Phi) is 1.87. The predicted molar refractivity (Wildman–Crippen MR) is 49.6 cm³/mol. The van der Waals surface area contributed by atoms with Gasteiger partial charge in [0.2, 0.25) is 0 Å². The van der Waals surface area contributed by atoms with E-state index >= 15 is 0 Å². The molecule has 0 N–H and O–H groups in total. The quantitative estimate of drug-likeness (QED) is 0.538. The summed E-state index contributed by atoms with van der Waals surface area (Å²) in [6.07, 6.45) is 5.67. The molecule has 0 aromatic heterocycles. The highest BCUT2D eigenvalue weighted by atomic mass is 35.5. The summed E-state index contributed by atoms with van der Waals surface area (Å²) in [5.41, 5.74) is 0.195. The number of alkyl halides is 3. The maximum absolute atomic E-state index is 6.21. The van der Waals surface area contributed by atoms with Crippen LogP contribution in [-0.4, -0.2) is 9.71 Å². The van der Waals surface area contributed by atoms with Crippen LogP contribution in [0, 0.1) is 5.41 Å². The smallest absolute Gasteiger partial charge is 0.120 e. The Balaban J connectivity index is 2.21. The molecule has 0 nitrogen and oxygen atoms in total. The molecule has 1 unspecified atom stereocenters. The molecule has 2 saturated carbocycles. The number of hydrogen-bond donors (Lipinski definition) is 0.